The smallest absolute Gasteiger partial charge is 0.239 e. The highest BCUT2D eigenvalue weighted by atomic mass is 35.5. The van der Waals surface area contributed by atoms with Crippen LogP contribution in [0.4, 0.5) is 5.82 Å². The van der Waals surface area contributed by atoms with Gasteiger partial charge in [0.05, 0.1) is 28.3 Å². The number of aromatic nitrogens is 4. The Balaban J connectivity index is 1.46. The van der Waals surface area contributed by atoms with Crippen molar-refractivity contribution in [3.8, 4) is 22.4 Å². The van der Waals surface area contributed by atoms with Gasteiger partial charge in [-0.15, -0.1) is 0 Å². The molecule has 0 saturated carbocycles. The number of fused-ring (bicyclic) bond motifs is 1. The summed E-state index contributed by atoms with van der Waals surface area (Å²) < 4.78 is 0. The first-order valence-electron chi connectivity index (χ1n) is 11.2. The van der Waals surface area contributed by atoms with Gasteiger partial charge in [0.1, 0.15) is 5.82 Å². The van der Waals surface area contributed by atoms with E-state index in [2.05, 4.69) is 42.1 Å². The molecule has 8 nitrogen and oxygen atoms in total. The van der Waals surface area contributed by atoms with Crippen LogP contribution in [0.15, 0.2) is 48.9 Å². The van der Waals surface area contributed by atoms with E-state index in [1.807, 2.05) is 43.5 Å². The van der Waals surface area contributed by atoms with Crippen LogP contribution in [0.3, 0.4) is 0 Å². The lowest BCUT2D eigenvalue weighted by atomic mass is 10.0. The number of piperazine rings is 1. The number of H-pyrrole nitrogens is 1. The summed E-state index contributed by atoms with van der Waals surface area (Å²) in [7, 11) is 2.10. The highest BCUT2D eigenvalue weighted by Crippen LogP contribution is 2.38. The zero-order valence-electron chi connectivity index (χ0n) is 19.2. The molecule has 0 spiro atoms. The summed E-state index contributed by atoms with van der Waals surface area (Å²) in [6, 6.07) is 9.65. The second-order valence-corrected chi connectivity index (χ2v) is 9.11. The molecule has 0 radical (unpaired) electrons. The molecule has 1 saturated heterocycles. The van der Waals surface area contributed by atoms with Crippen molar-refractivity contribution in [3.63, 3.8) is 0 Å². The average molecular weight is 476 g/mol. The number of halogens is 1. The molecule has 1 amide bonds. The Hall–Kier alpha value is -3.33. The second-order valence-electron chi connectivity index (χ2n) is 8.67. The predicted molar refractivity (Wildman–Crippen MR) is 135 cm³/mol. The lowest BCUT2D eigenvalue weighted by Crippen LogP contribution is -2.47. The molecule has 1 fully saturated rings. The number of aryl methyl sites for hydroxylation is 1. The highest BCUT2D eigenvalue weighted by molar-refractivity contribution is 6.31. The van der Waals surface area contributed by atoms with Gasteiger partial charge in [-0.05, 0) is 38.2 Å². The number of rotatable bonds is 5. The van der Waals surface area contributed by atoms with Crippen LogP contribution in [-0.4, -0.2) is 75.4 Å². The number of carbonyl (C=O) groups is 1. The van der Waals surface area contributed by atoms with Crippen molar-refractivity contribution in [3.05, 3.63) is 59.6 Å². The fourth-order valence-corrected chi connectivity index (χ4v) is 4.37. The van der Waals surface area contributed by atoms with E-state index < -0.39 is 0 Å². The number of nitrogens with one attached hydrogen (secondary N) is 2. The maximum atomic E-state index is 12.7. The van der Waals surface area contributed by atoms with Gasteiger partial charge in [0.25, 0.3) is 0 Å². The van der Waals surface area contributed by atoms with Crippen LogP contribution in [0.5, 0.6) is 0 Å². The Bertz CT molecular complexity index is 1330. The van der Waals surface area contributed by atoms with Crippen molar-refractivity contribution in [2.24, 2.45) is 0 Å². The number of carbonyl (C=O) groups excluding carboxylic acids is 1. The Morgan fingerprint density at radius 1 is 1.06 bits per heavy atom. The summed E-state index contributed by atoms with van der Waals surface area (Å²) in [5.41, 5.74) is 6.20. The Kier molecular flexibility index (Phi) is 6.28. The molecule has 174 valence electrons. The van der Waals surface area contributed by atoms with Crippen LogP contribution in [0.25, 0.3) is 33.4 Å². The van der Waals surface area contributed by atoms with Gasteiger partial charge in [-0.25, -0.2) is 4.98 Å². The zero-order valence-corrected chi connectivity index (χ0v) is 19.9. The molecule has 9 heteroatoms. The number of likely N-dealkylation sites (N-methyl/N-ethyl adjacent to an activating group) is 1. The molecule has 0 atom stereocenters. The van der Waals surface area contributed by atoms with E-state index in [9.17, 15) is 4.79 Å². The Morgan fingerprint density at radius 3 is 2.65 bits per heavy atom. The molecule has 0 aromatic carbocycles. The van der Waals surface area contributed by atoms with Crippen molar-refractivity contribution < 1.29 is 4.79 Å². The standard InChI is InChI=1S/C25H26ClN7O/c1-16-3-4-18(13-28-16)23-24(30-20-12-19(26)14-29-25(20)23)17-5-6-27-21(11-17)31-22(34)15-33-9-7-32(2)8-10-33/h3-6,11-14,30H,7-10,15H2,1-2H3,(H,27,31,34). The second kappa shape index (κ2) is 9.50. The lowest BCUT2D eigenvalue weighted by Gasteiger charge is -2.31. The summed E-state index contributed by atoms with van der Waals surface area (Å²) in [5, 5.41) is 3.51. The molecule has 0 bridgehead atoms. The Labute approximate surface area is 203 Å². The highest BCUT2D eigenvalue weighted by Gasteiger charge is 2.19. The third kappa shape index (κ3) is 4.79. The number of pyridine rings is 3. The largest absolute Gasteiger partial charge is 0.353 e. The van der Waals surface area contributed by atoms with E-state index >= 15 is 0 Å². The minimum atomic E-state index is -0.0674. The van der Waals surface area contributed by atoms with E-state index in [-0.39, 0.29) is 5.91 Å². The van der Waals surface area contributed by atoms with Crippen LogP contribution < -0.4 is 5.32 Å². The molecular weight excluding hydrogens is 450 g/mol. The van der Waals surface area contributed by atoms with Crippen LogP contribution in [0.2, 0.25) is 5.02 Å². The molecule has 4 aromatic rings. The first-order valence-corrected chi connectivity index (χ1v) is 11.6. The third-order valence-corrected chi connectivity index (χ3v) is 6.29. The molecule has 1 aliphatic rings. The number of amides is 1. The monoisotopic (exact) mass is 475 g/mol. The fourth-order valence-electron chi connectivity index (χ4n) is 4.21. The molecule has 34 heavy (non-hydrogen) atoms. The number of hydrogen-bond donors (Lipinski definition) is 2. The zero-order chi connectivity index (χ0) is 23.7. The molecule has 5 rings (SSSR count). The molecule has 1 aliphatic heterocycles. The lowest BCUT2D eigenvalue weighted by molar-refractivity contribution is -0.117. The first kappa shape index (κ1) is 22.5. The van der Waals surface area contributed by atoms with Gasteiger partial charge >= 0.3 is 0 Å². The summed E-state index contributed by atoms with van der Waals surface area (Å²) in [4.78, 5) is 34.0. The van der Waals surface area contributed by atoms with Crippen LogP contribution in [0, 0.1) is 6.92 Å². The molecular formula is C25H26ClN7O. The van der Waals surface area contributed by atoms with Crippen molar-refractivity contribution >= 4 is 34.4 Å². The van der Waals surface area contributed by atoms with E-state index in [1.165, 1.54) is 0 Å². The van der Waals surface area contributed by atoms with E-state index in [4.69, 9.17) is 11.6 Å². The van der Waals surface area contributed by atoms with Crippen molar-refractivity contribution in [1.82, 2.24) is 29.7 Å². The van der Waals surface area contributed by atoms with Crippen molar-refractivity contribution in [2.45, 2.75) is 6.92 Å². The summed E-state index contributed by atoms with van der Waals surface area (Å²) in [5.74, 6) is 0.441. The SMILES string of the molecule is Cc1ccc(-c2c(-c3ccnc(NC(=O)CN4CCN(C)CC4)c3)[nH]c3cc(Cl)cnc23)cn1. The molecule has 0 aliphatic carbocycles. The van der Waals surface area contributed by atoms with Gasteiger partial charge in [0.15, 0.2) is 0 Å². The van der Waals surface area contributed by atoms with Gasteiger partial charge in [0, 0.05) is 67.2 Å². The first-order chi connectivity index (χ1) is 16.5. The quantitative estimate of drug-likeness (QED) is 0.456. The van der Waals surface area contributed by atoms with E-state index in [0.717, 1.165) is 65.3 Å². The van der Waals surface area contributed by atoms with E-state index in [0.29, 0.717) is 17.4 Å². The average Bonchev–Trinajstić information content (AvgIpc) is 3.20. The van der Waals surface area contributed by atoms with Gasteiger partial charge < -0.3 is 15.2 Å². The number of anilines is 1. The number of hydrogen-bond acceptors (Lipinski definition) is 6. The molecule has 0 unspecified atom stereocenters. The van der Waals surface area contributed by atoms with Gasteiger partial charge in [0.2, 0.25) is 5.91 Å². The maximum Gasteiger partial charge on any atom is 0.239 e. The summed E-state index contributed by atoms with van der Waals surface area (Å²) in [6.45, 7) is 6.02. The predicted octanol–water partition coefficient (Wildman–Crippen LogP) is 3.83. The molecule has 5 heterocycles. The van der Waals surface area contributed by atoms with Gasteiger partial charge in [-0.3, -0.25) is 19.7 Å². The van der Waals surface area contributed by atoms with E-state index in [1.54, 1.807) is 12.4 Å². The van der Waals surface area contributed by atoms with Crippen molar-refractivity contribution in [2.75, 3.05) is 45.1 Å². The minimum Gasteiger partial charge on any atom is -0.353 e. The summed E-state index contributed by atoms with van der Waals surface area (Å²) >= 11 is 6.20. The van der Waals surface area contributed by atoms with Crippen LogP contribution >= 0.6 is 11.6 Å². The molecule has 2 N–H and O–H groups in total. The normalized spacial score (nSPS) is 15.0. The number of nitrogens with zero attached hydrogens (tertiary/aromatic N) is 5. The van der Waals surface area contributed by atoms with Crippen molar-refractivity contribution in [1.29, 1.82) is 0 Å². The number of aromatic amines is 1. The summed E-state index contributed by atoms with van der Waals surface area (Å²) in [6.07, 6.45) is 5.19. The fraction of sp³-hybridized carbons (Fsp3) is 0.280. The topological polar surface area (TPSA) is 90.0 Å². The third-order valence-electron chi connectivity index (χ3n) is 6.08. The van der Waals surface area contributed by atoms with Crippen LogP contribution in [0.1, 0.15) is 5.69 Å². The molecule has 4 aromatic heterocycles. The van der Waals surface area contributed by atoms with Crippen LogP contribution in [-0.2, 0) is 4.79 Å². The van der Waals surface area contributed by atoms with Gasteiger partial charge in [-0.2, -0.15) is 0 Å². The minimum absolute atomic E-state index is 0.0674. The van der Waals surface area contributed by atoms with Gasteiger partial charge in [-0.1, -0.05) is 17.7 Å². The maximum absolute atomic E-state index is 12.7. The Morgan fingerprint density at radius 2 is 1.88 bits per heavy atom.